The number of likely N-dealkylation sites (tertiary alicyclic amines) is 1. The van der Waals surface area contributed by atoms with Gasteiger partial charge in [0.2, 0.25) is 5.91 Å². The monoisotopic (exact) mass is 328 g/mol. The molecule has 1 aliphatic rings. The van der Waals surface area contributed by atoms with Crippen LogP contribution in [-0.4, -0.2) is 54.7 Å². The summed E-state index contributed by atoms with van der Waals surface area (Å²) in [5.74, 6) is 0.749. The van der Waals surface area contributed by atoms with Crippen LogP contribution in [0.15, 0.2) is 47.4 Å². The Morgan fingerprint density at radius 3 is 2.61 bits per heavy atom. The first kappa shape index (κ1) is 16.3. The Morgan fingerprint density at radius 1 is 1.17 bits per heavy atom. The third kappa shape index (κ3) is 4.06. The summed E-state index contributed by atoms with van der Waals surface area (Å²) in [6, 6.07) is 15.1. The Balaban J connectivity index is 1.57. The smallest absolute Gasteiger partial charge is 0.232 e. The molecule has 0 bridgehead atoms. The van der Waals surface area contributed by atoms with E-state index in [-0.39, 0.29) is 5.91 Å². The largest absolute Gasteiger partial charge is 0.342 e. The third-order valence-electron chi connectivity index (χ3n) is 4.71. The molecule has 1 saturated heterocycles. The molecule has 3 nitrogen and oxygen atoms in total. The number of benzene rings is 2. The average Bonchev–Trinajstić information content (AvgIpc) is 2.59. The molecular formula is C19H24N2OS. The molecule has 0 aromatic heterocycles. The maximum atomic E-state index is 12.5. The van der Waals surface area contributed by atoms with Crippen LogP contribution in [0.1, 0.15) is 12.8 Å². The van der Waals surface area contributed by atoms with Crippen molar-refractivity contribution < 1.29 is 4.79 Å². The maximum absolute atomic E-state index is 12.5. The van der Waals surface area contributed by atoms with E-state index in [0.717, 1.165) is 30.8 Å². The van der Waals surface area contributed by atoms with Gasteiger partial charge in [-0.3, -0.25) is 4.79 Å². The molecule has 1 fully saturated rings. The highest BCUT2D eigenvalue weighted by Crippen LogP contribution is 2.24. The van der Waals surface area contributed by atoms with Crippen molar-refractivity contribution in [3.63, 3.8) is 0 Å². The summed E-state index contributed by atoms with van der Waals surface area (Å²) in [6.07, 6.45) is 2.17. The van der Waals surface area contributed by atoms with E-state index in [1.165, 1.54) is 10.8 Å². The van der Waals surface area contributed by atoms with Crippen molar-refractivity contribution in [3.05, 3.63) is 42.5 Å². The molecule has 1 amide bonds. The van der Waals surface area contributed by atoms with E-state index in [1.54, 1.807) is 11.8 Å². The highest BCUT2D eigenvalue weighted by atomic mass is 32.2. The summed E-state index contributed by atoms with van der Waals surface area (Å²) in [4.78, 5) is 17.9. The molecule has 23 heavy (non-hydrogen) atoms. The molecule has 4 heteroatoms. The maximum Gasteiger partial charge on any atom is 0.232 e. The average molecular weight is 328 g/mol. The first-order valence-corrected chi connectivity index (χ1v) is 9.18. The summed E-state index contributed by atoms with van der Waals surface area (Å²) >= 11 is 1.63. The fourth-order valence-electron chi connectivity index (χ4n) is 3.09. The van der Waals surface area contributed by atoms with Gasteiger partial charge in [0.25, 0.3) is 0 Å². The quantitative estimate of drug-likeness (QED) is 0.803. The van der Waals surface area contributed by atoms with E-state index >= 15 is 0 Å². The number of carbonyl (C=O) groups excluding carboxylic acids is 1. The minimum atomic E-state index is 0.234. The predicted octanol–water partition coefficient (Wildman–Crippen LogP) is 3.48. The van der Waals surface area contributed by atoms with E-state index in [1.807, 2.05) is 11.9 Å². The number of piperidine rings is 1. The molecule has 2 aromatic rings. The van der Waals surface area contributed by atoms with Gasteiger partial charge in [-0.05, 0) is 55.9 Å². The summed E-state index contributed by atoms with van der Waals surface area (Å²) in [7, 11) is 4.10. The molecule has 0 spiro atoms. The van der Waals surface area contributed by atoms with Crippen LogP contribution in [0.4, 0.5) is 0 Å². The van der Waals surface area contributed by atoms with Crippen LogP contribution in [-0.2, 0) is 4.79 Å². The molecular weight excluding hydrogens is 304 g/mol. The van der Waals surface area contributed by atoms with E-state index in [9.17, 15) is 4.79 Å². The zero-order chi connectivity index (χ0) is 16.2. The third-order valence-corrected chi connectivity index (χ3v) is 5.69. The number of thioether (sulfide) groups is 1. The highest BCUT2D eigenvalue weighted by molar-refractivity contribution is 8.00. The lowest BCUT2D eigenvalue weighted by molar-refractivity contribution is -0.129. The zero-order valence-corrected chi connectivity index (χ0v) is 14.7. The molecule has 0 unspecified atom stereocenters. The van der Waals surface area contributed by atoms with Crippen molar-refractivity contribution in [3.8, 4) is 0 Å². The van der Waals surface area contributed by atoms with Crippen molar-refractivity contribution in [2.45, 2.75) is 23.8 Å². The number of nitrogens with zero attached hydrogens (tertiary/aromatic N) is 2. The Bertz CT molecular complexity index is 680. The van der Waals surface area contributed by atoms with E-state index in [0.29, 0.717) is 11.8 Å². The summed E-state index contributed by atoms with van der Waals surface area (Å²) < 4.78 is 0. The molecule has 122 valence electrons. The van der Waals surface area contributed by atoms with Crippen LogP contribution in [0.25, 0.3) is 10.8 Å². The van der Waals surface area contributed by atoms with Crippen molar-refractivity contribution >= 4 is 28.4 Å². The van der Waals surface area contributed by atoms with Crippen molar-refractivity contribution in [2.75, 3.05) is 32.9 Å². The van der Waals surface area contributed by atoms with Crippen molar-refractivity contribution in [1.82, 2.24) is 9.80 Å². The second kappa shape index (κ2) is 7.37. The fourth-order valence-corrected chi connectivity index (χ4v) is 3.96. The lowest BCUT2D eigenvalue weighted by atomic mass is 10.0. The minimum absolute atomic E-state index is 0.234. The van der Waals surface area contributed by atoms with Crippen molar-refractivity contribution in [2.24, 2.45) is 0 Å². The zero-order valence-electron chi connectivity index (χ0n) is 13.9. The van der Waals surface area contributed by atoms with E-state index in [4.69, 9.17) is 0 Å². The molecule has 0 atom stereocenters. The predicted molar refractivity (Wildman–Crippen MR) is 98.0 cm³/mol. The number of hydrogen-bond acceptors (Lipinski definition) is 3. The highest BCUT2D eigenvalue weighted by Gasteiger charge is 2.23. The lowest BCUT2D eigenvalue weighted by Crippen LogP contribution is -2.45. The number of fused-ring (bicyclic) bond motifs is 1. The molecule has 0 saturated carbocycles. The van der Waals surface area contributed by atoms with Gasteiger partial charge in [-0.1, -0.05) is 30.3 Å². The number of rotatable bonds is 4. The lowest BCUT2D eigenvalue weighted by Gasteiger charge is -2.35. The Hall–Kier alpha value is -1.52. The van der Waals surface area contributed by atoms with Gasteiger partial charge in [0.1, 0.15) is 0 Å². The number of amides is 1. The van der Waals surface area contributed by atoms with Crippen LogP contribution in [0.2, 0.25) is 0 Å². The Kier molecular flexibility index (Phi) is 5.23. The normalized spacial score (nSPS) is 16.6. The van der Waals surface area contributed by atoms with Crippen LogP contribution in [0.3, 0.4) is 0 Å². The molecule has 2 aromatic carbocycles. The summed E-state index contributed by atoms with van der Waals surface area (Å²) in [6.45, 7) is 2.17. The Labute approximate surface area is 142 Å². The van der Waals surface area contributed by atoms with Gasteiger partial charge in [0.05, 0.1) is 5.75 Å². The van der Waals surface area contributed by atoms with Gasteiger partial charge in [-0.2, -0.15) is 0 Å². The van der Waals surface area contributed by atoms with Crippen LogP contribution in [0.5, 0.6) is 0 Å². The van der Waals surface area contributed by atoms with Gasteiger partial charge in [-0.15, -0.1) is 11.8 Å². The van der Waals surface area contributed by atoms with Crippen LogP contribution < -0.4 is 0 Å². The molecule has 1 aliphatic heterocycles. The van der Waals surface area contributed by atoms with E-state index in [2.05, 4.69) is 54.4 Å². The fraction of sp³-hybridized carbons (Fsp3) is 0.421. The first-order valence-electron chi connectivity index (χ1n) is 8.19. The SMILES string of the molecule is CN1CCC(N(C)C(=O)CSc2ccc3ccccc3c2)CC1. The molecule has 1 heterocycles. The molecule has 0 aliphatic carbocycles. The van der Waals surface area contributed by atoms with Gasteiger partial charge >= 0.3 is 0 Å². The number of hydrogen-bond donors (Lipinski definition) is 0. The summed E-state index contributed by atoms with van der Waals surface area (Å²) in [5.41, 5.74) is 0. The standard InChI is InChI=1S/C19H24N2OS/c1-20-11-9-17(10-12-20)21(2)19(22)14-23-18-8-7-15-5-3-4-6-16(15)13-18/h3-8,13,17H,9-12,14H2,1-2H3. The van der Waals surface area contributed by atoms with Gasteiger partial charge in [0.15, 0.2) is 0 Å². The molecule has 3 rings (SSSR count). The van der Waals surface area contributed by atoms with Gasteiger partial charge < -0.3 is 9.80 Å². The van der Waals surface area contributed by atoms with E-state index < -0.39 is 0 Å². The topological polar surface area (TPSA) is 23.6 Å². The van der Waals surface area contributed by atoms with Crippen LogP contribution in [0, 0.1) is 0 Å². The van der Waals surface area contributed by atoms with Crippen molar-refractivity contribution in [1.29, 1.82) is 0 Å². The van der Waals surface area contributed by atoms with Gasteiger partial charge in [-0.25, -0.2) is 0 Å². The minimum Gasteiger partial charge on any atom is -0.342 e. The number of carbonyl (C=O) groups is 1. The molecule has 0 radical (unpaired) electrons. The summed E-state index contributed by atoms with van der Waals surface area (Å²) in [5, 5.41) is 2.47. The first-order chi connectivity index (χ1) is 11.1. The van der Waals surface area contributed by atoms with Gasteiger partial charge in [0, 0.05) is 18.0 Å². The second-order valence-corrected chi connectivity index (χ2v) is 7.39. The van der Waals surface area contributed by atoms with Crippen LogP contribution >= 0.6 is 11.8 Å². The second-order valence-electron chi connectivity index (χ2n) is 6.34. The Morgan fingerprint density at radius 2 is 1.87 bits per heavy atom. The molecule has 0 N–H and O–H groups in total.